The van der Waals surface area contributed by atoms with E-state index in [0.29, 0.717) is 24.3 Å². The number of benzene rings is 1. The molecular weight excluding hydrogens is 470 g/mol. The third-order valence-corrected chi connectivity index (χ3v) is 5.72. The summed E-state index contributed by atoms with van der Waals surface area (Å²) in [7, 11) is 1.55. The van der Waals surface area contributed by atoms with E-state index >= 15 is 0 Å². The van der Waals surface area contributed by atoms with Gasteiger partial charge in [-0.2, -0.15) is 9.97 Å². The van der Waals surface area contributed by atoms with Gasteiger partial charge in [0, 0.05) is 39.5 Å². The average Bonchev–Trinajstić information content (AvgIpc) is 3.35. The second-order valence-electron chi connectivity index (χ2n) is 8.23. The number of hydrogen-bond donors (Lipinski definition) is 3. The lowest BCUT2D eigenvalue weighted by atomic mass is 10.1. The molecule has 0 spiro atoms. The lowest BCUT2D eigenvalue weighted by Gasteiger charge is -2.13. The zero-order chi connectivity index (χ0) is 25.7. The first kappa shape index (κ1) is 24.9. The Hall–Kier alpha value is -4.26. The van der Waals surface area contributed by atoms with Crippen molar-refractivity contribution in [3.63, 3.8) is 0 Å². The predicted octanol–water partition coefficient (Wildman–Crippen LogP) is -0.0694. The van der Waals surface area contributed by atoms with Crippen LogP contribution in [-0.2, 0) is 32.2 Å². The molecule has 1 fully saturated rings. The number of hydrogen-bond acceptors (Lipinski definition) is 9. The molecule has 4 rings (SSSR count). The van der Waals surface area contributed by atoms with Crippen LogP contribution in [0.25, 0.3) is 11.2 Å². The van der Waals surface area contributed by atoms with Crippen molar-refractivity contribution in [1.82, 2.24) is 29.7 Å². The number of aromatic nitrogens is 4. The number of likely N-dealkylation sites (tertiary alicyclic amines) is 1. The zero-order valence-electron chi connectivity index (χ0n) is 19.8. The third-order valence-electron chi connectivity index (χ3n) is 5.72. The highest BCUT2D eigenvalue weighted by molar-refractivity contribution is 6.02. The fourth-order valence-corrected chi connectivity index (χ4v) is 3.78. The van der Waals surface area contributed by atoms with Crippen molar-refractivity contribution >= 4 is 34.7 Å². The van der Waals surface area contributed by atoms with Crippen LogP contribution in [0.15, 0.2) is 29.1 Å². The average molecular weight is 498 g/mol. The Labute approximate surface area is 205 Å². The molecule has 0 atom stereocenters. The van der Waals surface area contributed by atoms with E-state index in [1.54, 1.807) is 7.11 Å². The van der Waals surface area contributed by atoms with Gasteiger partial charge in [0.2, 0.25) is 17.7 Å². The van der Waals surface area contributed by atoms with Crippen molar-refractivity contribution in [2.45, 2.75) is 32.4 Å². The van der Waals surface area contributed by atoms with Gasteiger partial charge in [0.1, 0.15) is 12.1 Å². The minimum absolute atomic E-state index is 0.0503. The normalized spacial score (nSPS) is 13.5. The second-order valence-corrected chi connectivity index (χ2v) is 8.23. The number of carbonyl (C=O) groups excluding carboxylic acids is 3. The number of imidazole rings is 1. The number of nitrogen functional groups attached to an aromatic ring is 1. The fourth-order valence-electron chi connectivity index (χ4n) is 3.78. The molecule has 3 amide bonds. The van der Waals surface area contributed by atoms with E-state index in [0.717, 1.165) is 16.0 Å². The molecule has 1 aliphatic rings. The number of fused-ring (bicyclic) bond motifs is 1. The van der Waals surface area contributed by atoms with Crippen molar-refractivity contribution in [3.8, 4) is 6.01 Å². The number of imide groups is 1. The number of anilines is 1. The van der Waals surface area contributed by atoms with Crippen LogP contribution < -0.4 is 21.5 Å². The minimum Gasteiger partial charge on any atom is -0.461 e. The first-order chi connectivity index (χ1) is 17.4. The van der Waals surface area contributed by atoms with Gasteiger partial charge in [-0.25, -0.2) is 4.79 Å². The summed E-state index contributed by atoms with van der Waals surface area (Å²) >= 11 is 0. The van der Waals surface area contributed by atoms with Crippen LogP contribution >= 0.6 is 0 Å². The Morgan fingerprint density at radius 1 is 1.08 bits per heavy atom. The van der Waals surface area contributed by atoms with Crippen molar-refractivity contribution < 1.29 is 23.9 Å². The summed E-state index contributed by atoms with van der Waals surface area (Å²) in [5, 5.41) is 2.78. The van der Waals surface area contributed by atoms with Gasteiger partial charge in [0.15, 0.2) is 11.5 Å². The third kappa shape index (κ3) is 5.68. The van der Waals surface area contributed by atoms with E-state index in [4.69, 9.17) is 15.2 Å². The van der Waals surface area contributed by atoms with Crippen LogP contribution in [-0.4, -0.2) is 69.0 Å². The van der Waals surface area contributed by atoms with E-state index in [1.165, 1.54) is 4.57 Å². The number of methoxy groups -OCH3 is 1. The van der Waals surface area contributed by atoms with Crippen LogP contribution in [0.4, 0.5) is 5.82 Å². The minimum atomic E-state index is -0.383. The maximum absolute atomic E-state index is 12.5. The van der Waals surface area contributed by atoms with Crippen LogP contribution in [0.5, 0.6) is 6.01 Å². The predicted molar refractivity (Wildman–Crippen MR) is 128 cm³/mol. The van der Waals surface area contributed by atoms with Gasteiger partial charge in [0.25, 0.3) is 0 Å². The molecule has 36 heavy (non-hydrogen) atoms. The number of nitrogens with two attached hydrogens (primary N) is 1. The van der Waals surface area contributed by atoms with Crippen LogP contribution in [0.1, 0.15) is 30.4 Å². The summed E-state index contributed by atoms with van der Waals surface area (Å²) in [5.74, 6) is -0.617. The molecular formula is C23H27N7O6. The van der Waals surface area contributed by atoms with Crippen molar-refractivity contribution in [2.24, 2.45) is 0 Å². The number of rotatable bonds is 11. The molecule has 4 N–H and O–H groups in total. The SMILES string of the molecule is COCCOc1nc(N)c2[nH]c(=O)n(Cc3ccc(CNC(=O)CCN4C(=O)CCC4=O)cc3)c2n1. The van der Waals surface area contributed by atoms with E-state index < -0.39 is 0 Å². The molecule has 13 nitrogen and oxygen atoms in total. The smallest absolute Gasteiger partial charge is 0.328 e. The van der Waals surface area contributed by atoms with Crippen molar-refractivity contribution in [2.75, 3.05) is 32.6 Å². The summed E-state index contributed by atoms with van der Waals surface area (Å²) in [6, 6.07) is 7.41. The first-order valence-electron chi connectivity index (χ1n) is 11.4. The van der Waals surface area contributed by atoms with Gasteiger partial charge in [0.05, 0.1) is 13.2 Å². The number of ether oxygens (including phenoxy) is 2. The molecule has 1 aromatic carbocycles. The molecule has 13 heteroatoms. The molecule has 3 heterocycles. The second kappa shape index (κ2) is 11.0. The van der Waals surface area contributed by atoms with Gasteiger partial charge in [-0.15, -0.1) is 0 Å². The summed E-state index contributed by atoms with van der Waals surface area (Å²) < 4.78 is 11.8. The molecule has 0 aliphatic carbocycles. The topological polar surface area (TPSA) is 175 Å². The van der Waals surface area contributed by atoms with Crippen LogP contribution in [0.2, 0.25) is 0 Å². The molecule has 1 saturated heterocycles. The number of amides is 3. The highest BCUT2D eigenvalue weighted by Gasteiger charge is 2.28. The Kier molecular flexibility index (Phi) is 7.59. The molecule has 3 aromatic rings. The lowest BCUT2D eigenvalue weighted by molar-refractivity contribution is -0.138. The molecule has 1 aliphatic heterocycles. The largest absolute Gasteiger partial charge is 0.461 e. The van der Waals surface area contributed by atoms with Crippen LogP contribution in [0.3, 0.4) is 0 Å². The number of nitrogens with zero attached hydrogens (tertiary/aromatic N) is 4. The van der Waals surface area contributed by atoms with E-state index in [2.05, 4.69) is 20.3 Å². The van der Waals surface area contributed by atoms with Crippen molar-refractivity contribution in [3.05, 3.63) is 45.9 Å². The Morgan fingerprint density at radius 2 is 1.78 bits per heavy atom. The summed E-state index contributed by atoms with van der Waals surface area (Å²) in [6.45, 7) is 1.21. The highest BCUT2D eigenvalue weighted by Crippen LogP contribution is 2.19. The number of nitrogens with one attached hydrogen (secondary N) is 2. The fraction of sp³-hybridized carbons (Fsp3) is 0.391. The monoisotopic (exact) mass is 497 g/mol. The highest BCUT2D eigenvalue weighted by atomic mass is 16.5. The quantitative estimate of drug-likeness (QED) is 0.242. The molecule has 0 saturated carbocycles. The number of aromatic amines is 1. The molecule has 0 radical (unpaired) electrons. The summed E-state index contributed by atoms with van der Waals surface area (Å²) in [6.07, 6.45) is 0.476. The maximum Gasteiger partial charge on any atom is 0.328 e. The van der Waals surface area contributed by atoms with Gasteiger partial charge in [-0.05, 0) is 11.1 Å². The van der Waals surface area contributed by atoms with Gasteiger partial charge < -0.3 is 25.5 Å². The van der Waals surface area contributed by atoms with Gasteiger partial charge in [-0.3, -0.25) is 23.9 Å². The molecule has 190 valence electrons. The Balaban J connectivity index is 1.36. The van der Waals surface area contributed by atoms with Crippen LogP contribution in [0, 0.1) is 0 Å². The number of H-pyrrole nitrogens is 1. The summed E-state index contributed by atoms with van der Waals surface area (Å²) in [4.78, 5) is 60.1. The van der Waals surface area contributed by atoms with Gasteiger partial charge >= 0.3 is 11.7 Å². The van der Waals surface area contributed by atoms with E-state index in [-0.39, 0.29) is 74.2 Å². The Bertz CT molecular complexity index is 1320. The molecule has 2 aromatic heterocycles. The number of carbonyl (C=O) groups is 3. The maximum atomic E-state index is 12.5. The Morgan fingerprint density at radius 3 is 2.47 bits per heavy atom. The lowest BCUT2D eigenvalue weighted by Crippen LogP contribution is -2.34. The first-order valence-corrected chi connectivity index (χ1v) is 11.4. The van der Waals surface area contributed by atoms with Gasteiger partial charge in [-0.1, -0.05) is 24.3 Å². The summed E-state index contributed by atoms with van der Waals surface area (Å²) in [5.41, 5.74) is 7.93. The zero-order valence-corrected chi connectivity index (χ0v) is 19.8. The van der Waals surface area contributed by atoms with E-state index in [1.807, 2.05) is 24.3 Å². The standard InChI is InChI=1S/C23H27N7O6/c1-35-10-11-36-22-27-20(24)19-21(28-22)30(23(34)26-19)13-15-4-2-14(3-5-15)12-25-16(31)8-9-29-17(32)6-7-18(29)33/h2-5H,6-13H2,1H3,(H,25,31)(H,26,34)(H2,24,27,28). The van der Waals surface area contributed by atoms with Crippen molar-refractivity contribution in [1.29, 1.82) is 0 Å². The molecule has 0 bridgehead atoms. The molecule has 0 unspecified atom stereocenters. The van der Waals surface area contributed by atoms with E-state index in [9.17, 15) is 19.2 Å².